The molecule has 1 N–H and O–H groups in total. The summed E-state index contributed by atoms with van der Waals surface area (Å²) in [6, 6.07) is 1.19. The van der Waals surface area contributed by atoms with E-state index in [2.05, 4.69) is 15.2 Å². The molecule has 1 aromatic rings. The number of halogens is 4. The number of hydrogen-bond donors (Lipinski definition) is 1. The Morgan fingerprint density at radius 3 is 2.31 bits per heavy atom. The number of amides is 1. The van der Waals surface area contributed by atoms with E-state index in [1.807, 2.05) is 4.90 Å². The van der Waals surface area contributed by atoms with E-state index in [1.165, 1.54) is 32.1 Å². The summed E-state index contributed by atoms with van der Waals surface area (Å²) in [5.74, 6) is 0.410. The first kappa shape index (κ1) is 22.2. The van der Waals surface area contributed by atoms with Crippen LogP contribution in [0.5, 0.6) is 0 Å². The SMILES string of the molecule is O=C(CN1CCN(c2ncc(C(F)(F)F)cc2Cl)CC1)NC1CCCCCCC1. The van der Waals surface area contributed by atoms with Gasteiger partial charge in [0.25, 0.3) is 0 Å². The van der Waals surface area contributed by atoms with Crippen molar-refractivity contribution in [3.8, 4) is 0 Å². The van der Waals surface area contributed by atoms with Crippen LogP contribution < -0.4 is 10.2 Å². The van der Waals surface area contributed by atoms with Gasteiger partial charge < -0.3 is 10.2 Å². The third-order valence-corrected chi connectivity index (χ3v) is 5.94. The number of alkyl halides is 3. The van der Waals surface area contributed by atoms with Crippen molar-refractivity contribution in [2.45, 2.75) is 57.2 Å². The fraction of sp³-hybridized carbons (Fsp3) is 0.700. The Morgan fingerprint density at radius 2 is 1.72 bits per heavy atom. The van der Waals surface area contributed by atoms with Crippen molar-refractivity contribution in [3.05, 3.63) is 22.8 Å². The largest absolute Gasteiger partial charge is 0.417 e. The fourth-order valence-electron chi connectivity index (χ4n) is 4.01. The molecule has 2 heterocycles. The number of carbonyl (C=O) groups is 1. The van der Waals surface area contributed by atoms with Crippen LogP contribution in [0.4, 0.5) is 19.0 Å². The van der Waals surface area contributed by atoms with Gasteiger partial charge in [-0.25, -0.2) is 4.98 Å². The second-order valence-corrected chi connectivity index (χ2v) is 8.31. The van der Waals surface area contributed by atoms with Gasteiger partial charge in [0.05, 0.1) is 17.1 Å². The van der Waals surface area contributed by atoms with Crippen LogP contribution >= 0.6 is 11.6 Å². The highest BCUT2D eigenvalue weighted by molar-refractivity contribution is 6.33. The van der Waals surface area contributed by atoms with E-state index in [4.69, 9.17) is 11.6 Å². The molecule has 2 fully saturated rings. The first-order valence-corrected chi connectivity index (χ1v) is 10.7. The summed E-state index contributed by atoms with van der Waals surface area (Å²) in [7, 11) is 0. The van der Waals surface area contributed by atoms with Gasteiger partial charge in [-0.2, -0.15) is 13.2 Å². The zero-order valence-electron chi connectivity index (χ0n) is 16.5. The number of pyridine rings is 1. The lowest BCUT2D eigenvalue weighted by atomic mass is 9.97. The van der Waals surface area contributed by atoms with Crippen LogP contribution in [0.25, 0.3) is 0 Å². The third kappa shape index (κ3) is 6.47. The molecule has 1 amide bonds. The van der Waals surface area contributed by atoms with Crippen LogP contribution in [-0.2, 0) is 11.0 Å². The van der Waals surface area contributed by atoms with E-state index < -0.39 is 11.7 Å². The molecule has 5 nitrogen and oxygen atoms in total. The number of rotatable bonds is 4. The predicted octanol–water partition coefficient (Wildman–Crippen LogP) is 4.10. The Morgan fingerprint density at radius 1 is 1.10 bits per heavy atom. The maximum Gasteiger partial charge on any atom is 0.417 e. The highest BCUT2D eigenvalue weighted by Crippen LogP contribution is 2.33. The van der Waals surface area contributed by atoms with Crippen molar-refractivity contribution in [1.82, 2.24) is 15.2 Å². The molecule has 1 aliphatic heterocycles. The molecular weight excluding hydrogens is 405 g/mol. The van der Waals surface area contributed by atoms with Gasteiger partial charge in [0.15, 0.2) is 0 Å². The van der Waals surface area contributed by atoms with E-state index in [-0.39, 0.29) is 17.0 Å². The topological polar surface area (TPSA) is 48.5 Å². The van der Waals surface area contributed by atoms with Crippen LogP contribution in [0.1, 0.15) is 50.5 Å². The third-order valence-electron chi connectivity index (χ3n) is 5.66. The summed E-state index contributed by atoms with van der Waals surface area (Å²) in [4.78, 5) is 20.3. The highest BCUT2D eigenvalue weighted by Gasteiger charge is 2.32. The number of hydrogen-bond acceptors (Lipinski definition) is 4. The number of anilines is 1. The molecule has 1 saturated heterocycles. The molecule has 162 valence electrons. The van der Waals surface area contributed by atoms with Crippen molar-refractivity contribution in [2.24, 2.45) is 0 Å². The standard InChI is InChI=1S/C20H28ClF3N4O/c21-17-12-15(20(22,23)24)13-25-19(17)28-10-8-27(9-11-28)14-18(29)26-16-6-4-2-1-3-5-7-16/h12-13,16H,1-11,14H2,(H,26,29). The Bertz CT molecular complexity index is 685. The van der Waals surface area contributed by atoms with Crippen LogP contribution in [0, 0.1) is 0 Å². The summed E-state index contributed by atoms with van der Waals surface area (Å²) in [5, 5.41) is 3.17. The Labute approximate surface area is 174 Å². The molecule has 1 aromatic heterocycles. The summed E-state index contributed by atoms with van der Waals surface area (Å²) in [6.07, 6.45) is 4.59. The normalized spacial score (nSPS) is 20.2. The zero-order valence-corrected chi connectivity index (χ0v) is 17.2. The summed E-state index contributed by atoms with van der Waals surface area (Å²) in [5.41, 5.74) is -0.851. The fourth-order valence-corrected chi connectivity index (χ4v) is 4.30. The predicted molar refractivity (Wildman–Crippen MR) is 107 cm³/mol. The molecule has 2 aliphatic rings. The van der Waals surface area contributed by atoms with E-state index in [0.717, 1.165) is 25.1 Å². The maximum absolute atomic E-state index is 12.8. The van der Waals surface area contributed by atoms with E-state index >= 15 is 0 Å². The second-order valence-electron chi connectivity index (χ2n) is 7.90. The van der Waals surface area contributed by atoms with Crippen LogP contribution in [0.3, 0.4) is 0 Å². The maximum atomic E-state index is 12.8. The Balaban J connectivity index is 1.47. The summed E-state index contributed by atoms with van der Waals surface area (Å²) >= 11 is 6.04. The molecular formula is C20H28ClF3N4O. The van der Waals surface area contributed by atoms with Gasteiger partial charge in [-0.05, 0) is 18.9 Å². The van der Waals surface area contributed by atoms with Gasteiger partial charge in [0.2, 0.25) is 5.91 Å². The molecule has 0 atom stereocenters. The Kier molecular flexibility index (Phi) is 7.62. The van der Waals surface area contributed by atoms with Crippen LogP contribution in [0.15, 0.2) is 12.3 Å². The van der Waals surface area contributed by atoms with Gasteiger partial charge in [-0.3, -0.25) is 9.69 Å². The zero-order chi connectivity index (χ0) is 20.9. The van der Waals surface area contributed by atoms with Gasteiger partial charge in [-0.1, -0.05) is 43.7 Å². The van der Waals surface area contributed by atoms with Crippen LogP contribution in [-0.4, -0.2) is 54.6 Å². The molecule has 0 bridgehead atoms. The Hall–Kier alpha value is -1.54. The molecule has 1 aliphatic carbocycles. The highest BCUT2D eigenvalue weighted by atomic mass is 35.5. The van der Waals surface area contributed by atoms with Crippen molar-refractivity contribution < 1.29 is 18.0 Å². The molecule has 29 heavy (non-hydrogen) atoms. The summed E-state index contributed by atoms with van der Waals surface area (Å²) < 4.78 is 38.3. The first-order chi connectivity index (χ1) is 13.8. The number of piperazine rings is 1. The molecule has 0 spiro atoms. The van der Waals surface area contributed by atoms with Gasteiger partial charge in [0, 0.05) is 38.4 Å². The molecule has 1 saturated carbocycles. The average molecular weight is 433 g/mol. The minimum absolute atomic E-state index is 0.00435. The number of nitrogens with zero attached hydrogens (tertiary/aromatic N) is 3. The number of aromatic nitrogens is 1. The van der Waals surface area contributed by atoms with E-state index in [0.29, 0.717) is 38.5 Å². The van der Waals surface area contributed by atoms with Crippen molar-refractivity contribution in [1.29, 1.82) is 0 Å². The molecule has 0 radical (unpaired) electrons. The van der Waals surface area contributed by atoms with Crippen molar-refractivity contribution in [2.75, 3.05) is 37.6 Å². The molecule has 3 rings (SSSR count). The molecule has 0 aromatic carbocycles. The van der Waals surface area contributed by atoms with Gasteiger partial charge >= 0.3 is 6.18 Å². The molecule has 0 unspecified atom stereocenters. The summed E-state index contributed by atoms with van der Waals surface area (Å²) in [6.45, 7) is 2.75. The lowest BCUT2D eigenvalue weighted by molar-refractivity contribution is -0.137. The monoisotopic (exact) mass is 432 g/mol. The average Bonchev–Trinajstić information content (AvgIpc) is 2.64. The number of nitrogens with one attached hydrogen (secondary N) is 1. The lowest BCUT2D eigenvalue weighted by Gasteiger charge is -2.35. The smallest absolute Gasteiger partial charge is 0.353 e. The van der Waals surface area contributed by atoms with Crippen molar-refractivity contribution >= 4 is 23.3 Å². The van der Waals surface area contributed by atoms with E-state index in [9.17, 15) is 18.0 Å². The quantitative estimate of drug-likeness (QED) is 0.778. The minimum Gasteiger partial charge on any atom is -0.353 e. The van der Waals surface area contributed by atoms with E-state index in [1.54, 1.807) is 0 Å². The van der Waals surface area contributed by atoms with Gasteiger partial charge in [0.1, 0.15) is 5.82 Å². The number of carbonyl (C=O) groups excluding carboxylic acids is 1. The van der Waals surface area contributed by atoms with Gasteiger partial charge in [-0.15, -0.1) is 0 Å². The van der Waals surface area contributed by atoms with Crippen LogP contribution in [0.2, 0.25) is 5.02 Å². The second kappa shape index (κ2) is 9.98. The lowest BCUT2D eigenvalue weighted by Crippen LogP contribution is -2.50. The molecule has 9 heteroatoms. The van der Waals surface area contributed by atoms with Crippen molar-refractivity contribution in [3.63, 3.8) is 0 Å². The first-order valence-electron chi connectivity index (χ1n) is 10.3. The minimum atomic E-state index is -4.46.